The minimum Gasteiger partial charge on any atom is -0.398 e. The van der Waals surface area contributed by atoms with Crippen molar-refractivity contribution in [3.63, 3.8) is 0 Å². The van der Waals surface area contributed by atoms with Gasteiger partial charge in [-0.15, -0.1) is 0 Å². The SMILES string of the molecule is CCn1cc(F)c(S(N)=O)n1.Cc1c(C(F)(F)F)nc2c(c1N)CC(C)C2.NC=O. The Morgan fingerprint density at radius 1 is 1.37 bits per heavy atom. The normalized spacial score (nSPS) is 15.9. The van der Waals surface area contributed by atoms with Crippen molar-refractivity contribution >= 4 is 23.1 Å². The number of fused-ring (bicyclic) bond motifs is 1. The van der Waals surface area contributed by atoms with E-state index in [4.69, 9.17) is 15.7 Å². The first-order valence-corrected chi connectivity index (χ1v) is 9.98. The molecule has 8 nitrogen and oxygen atoms in total. The molecule has 2 unspecified atom stereocenters. The third-order valence-electron chi connectivity index (χ3n) is 4.24. The molecule has 0 spiro atoms. The monoisotopic (exact) mass is 452 g/mol. The second kappa shape index (κ2) is 10.5. The largest absolute Gasteiger partial charge is 0.433 e. The fourth-order valence-corrected chi connectivity index (χ4v) is 3.33. The molecule has 2 aromatic rings. The molecule has 1 amide bonds. The van der Waals surface area contributed by atoms with Gasteiger partial charge in [0, 0.05) is 23.5 Å². The van der Waals surface area contributed by atoms with E-state index in [9.17, 15) is 21.8 Å². The number of pyridine rings is 1. The summed E-state index contributed by atoms with van der Waals surface area (Å²) in [5.74, 6) is -0.291. The Morgan fingerprint density at radius 2 is 1.93 bits per heavy atom. The number of carbonyl (C=O) groups excluding carboxylic acids is 1. The fourth-order valence-electron chi connectivity index (χ4n) is 2.90. The van der Waals surface area contributed by atoms with Crippen LogP contribution in [0.3, 0.4) is 0 Å². The summed E-state index contributed by atoms with van der Waals surface area (Å²) in [7, 11) is -1.83. The van der Waals surface area contributed by atoms with E-state index < -0.39 is 28.7 Å². The smallest absolute Gasteiger partial charge is 0.398 e. The number of hydrogen-bond acceptors (Lipinski definition) is 5. The van der Waals surface area contributed by atoms with E-state index in [-0.39, 0.29) is 22.7 Å². The molecule has 168 valence electrons. The Labute approximate surface area is 173 Å². The van der Waals surface area contributed by atoms with Crippen molar-refractivity contribution in [1.29, 1.82) is 0 Å². The van der Waals surface area contributed by atoms with Gasteiger partial charge in [-0.1, -0.05) is 6.92 Å². The van der Waals surface area contributed by atoms with Gasteiger partial charge in [0.25, 0.3) is 0 Å². The van der Waals surface area contributed by atoms with Crippen LogP contribution in [0.15, 0.2) is 11.2 Å². The van der Waals surface area contributed by atoms with Crippen molar-refractivity contribution in [2.75, 3.05) is 5.73 Å². The number of aromatic nitrogens is 3. The maximum absolute atomic E-state index is 12.7. The second-order valence-corrected chi connectivity index (χ2v) is 7.49. The van der Waals surface area contributed by atoms with Gasteiger partial charge in [0.2, 0.25) is 6.41 Å². The molecule has 0 aromatic carbocycles. The van der Waals surface area contributed by atoms with Gasteiger partial charge in [-0.3, -0.25) is 9.48 Å². The molecule has 6 N–H and O–H groups in total. The van der Waals surface area contributed by atoms with E-state index in [0.717, 1.165) is 12.0 Å². The van der Waals surface area contributed by atoms with Crippen molar-refractivity contribution in [2.45, 2.75) is 51.4 Å². The lowest BCUT2D eigenvalue weighted by Gasteiger charge is -2.14. The number of nitrogens with zero attached hydrogens (tertiary/aromatic N) is 3. The number of primary amides is 1. The Hall–Kier alpha value is -2.54. The summed E-state index contributed by atoms with van der Waals surface area (Å²) >= 11 is 0. The highest BCUT2D eigenvalue weighted by Crippen LogP contribution is 2.38. The molecule has 2 aromatic heterocycles. The number of anilines is 1. The molecular formula is C17H24F4N6O2S. The molecule has 0 bridgehead atoms. The van der Waals surface area contributed by atoms with Gasteiger partial charge in [0.1, 0.15) is 16.7 Å². The number of amides is 1. The molecular weight excluding hydrogens is 428 g/mol. The summed E-state index contributed by atoms with van der Waals surface area (Å²) in [6.07, 6.45) is -1.69. The molecule has 0 fully saturated rings. The maximum Gasteiger partial charge on any atom is 0.433 e. The van der Waals surface area contributed by atoms with Crippen LogP contribution in [0, 0.1) is 18.7 Å². The summed E-state index contributed by atoms with van der Waals surface area (Å²) in [5.41, 5.74) is 10.7. The third kappa shape index (κ3) is 6.23. The molecule has 0 saturated carbocycles. The summed E-state index contributed by atoms with van der Waals surface area (Å²) < 4.78 is 62.6. The van der Waals surface area contributed by atoms with Crippen LogP contribution in [0.1, 0.15) is 36.4 Å². The molecule has 0 aliphatic heterocycles. The zero-order valence-electron chi connectivity index (χ0n) is 16.7. The summed E-state index contributed by atoms with van der Waals surface area (Å²) in [6, 6.07) is 0. The first-order valence-electron chi connectivity index (χ1n) is 8.76. The molecule has 30 heavy (non-hydrogen) atoms. The van der Waals surface area contributed by atoms with Gasteiger partial charge < -0.3 is 11.5 Å². The highest BCUT2D eigenvalue weighted by Gasteiger charge is 2.37. The van der Waals surface area contributed by atoms with Crippen LogP contribution in [-0.2, 0) is 41.3 Å². The van der Waals surface area contributed by atoms with Crippen molar-refractivity contribution < 1.29 is 26.6 Å². The number of carbonyl (C=O) groups is 1. The molecule has 2 atom stereocenters. The summed E-state index contributed by atoms with van der Waals surface area (Å²) in [6.45, 7) is 5.71. The van der Waals surface area contributed by atoms with Crippen LogP contribution in [0.2, 0.25) is 0 Å². The van der Waals surface area contributed by atoms with E-state index in [1.54, 1.807) is 6.92 Å². The number of hydrogen-bond donors (Lipinski definition) is 3. The van der Waals surface area contributed by atoms with Crippen molar-refractivity contribution in [3.8, 4) is 0 Å². The Morgan fingerprint density at radius 3 is 2.33 bits per heavy atom. The average molecular weight is 452 g/mol. The zero-order chi connectivity index (χ0) is 23.2. The molecule has 1 aliphatic rings. The number of rotatable bonds is 2. The Bertz CT molecular complexity index is 917. The summed E-state index contributed by atoms with van der Waals surface area (Å²) in [4.78, 5) is 12.3. The second-order valence-electron chi connectivity index (χ2n) is 6.51. The van der Waals surface area contributed by atoms with E-state index in [1.165, 1.54) is 17.8 Å². The van der Waals surface area contributed by atoms with Gasteiger partial charge in [0.05, 0.1) is 6.20 Å². The quantitative estimate of drug-likeness (QED) is 0.471. The number of halogens is 4. The zero-order valence-corrected chi connectivity index (χ0v) is 17.5. The maximum atomic E-state index is 12.7. The molecule has 0 saturated heterocycles. The lowest BCUT2D eigenvalue weighted by molar-refractivity contribution is -0.141. The minimum absolute atomic E-state index is 0.0559. The van der Waals surface area contributed by atoms with E-state index >= 15 is 0 Å². The number of nitrogen functional groups attached to an aromatic ring is 1. The van der Waals surface area contributed by atoms with Crippen LogP contribution < -0.4 is 16.6 Å². The number of nitrogens with two attached hydrogens (primary N) is 3. The van der Waals surface area contributed by atoms with Crippen LogP contribution in [0.4, 0.5) is 23.2 Å². The topological polar surface area (TPSA) is 143 Å². The van der Waals surface area contributed by atoms with Crippen molar-refractivity contribution in [2.24, 2.45) is 16.8 Å². The molecule has 13 heteroatoms. The van der Waals surface area contributed by atoms with E-state index in [1.807, 2.05) is 6.92 Å². The predicted octanol–water partition coefficient (Wildman–Crippen LogP) is 1.85. The highest BCUT2D eigenvalue weighted by atomic mass is 32.2. The van der Waals surface area contributed by atoms with Crippen LogP contribution >= 0.6 is 0 Å². The Balaban J connectivity index is 0.000000280. The molecule has 2 heterocycles. The number of alkyl halides is 3. The number of aryl methyl sites for hydroxylation is 1. The van der Waals surface area contributed by atoms with Gasteiger partial charge in [-0.05, 0) is 38.2 Å². The van der Waals surface area contributed by atoms with Gasteiger partial charge in [0.15, 0.2) is 10.8 Å². The van der Waals surface area contributed by atoms with E-state index in [0.29, 0.717) is 24.6 Å². The third-order valence-corrected chi connectivity index (χ3v) is 4.90. The molecule has 0 radical (unpaired) electrons. The van der Waals surface area contributed by atoms with Crippen molar-refractivity contribution in [3.05, 3.63) is 34.5 Å². The summed E-state index contributed by atoms with van der Waals surface area (Å²) in [5, 5.41) is 8.40. The van der Waals surface area contributed by atoms with Gasteiger partial charge in [-0.2, -0.15) is 18.3 Å². The van der Waals surface area contributed by atoms with Crippen LogP contribution in [0.5, 0.6) is 0 Å². The average Bonchev–Trinajstić information content (AvgIpc) is 3.20. The van der Waals surface area contributed by atoms with Crippen LogP contribution in [-0.4, -0.2) is 25.4 Å². The van der Waals surface area contributed by atoms with Crippen molar-refractivity contribution in [1.82, 2.24) is 14.8 Å². The lowest BCUT2D eigenvalue weighted by atomic mass is 10.1. The van der Waals surface area contributed by atoms with E-state index in [2.05, 4.69) is 15.8 Å². The van der Waals surface area contributed by atoms with Gasteiger partial charge in [-0.25, -0.2) is 18.7 Å². The molecule has 3 rings (SSSR count). The fraction of sp³-hybridized carbons (Fsp3) is 0.471. The van der Waals surface area contributed by atoms with Gasteiger partial charge >= 0.3 is 6.18 Å². The predicted molar refractivity (Wildman–Crippen MR) is 104 cm³/mol. The van der Waals surface area contributed by atoms with Crippen LogP contribution in [0.25, 0.3) is 0 Å². The highest BCUT2D eigenvalue weighted by molar-refractivity contribution is 7.82. The molecule has 1 aliphatic carbocycles. The Kier molecular flexibility index (Phi) is 8.90. The standard InChI is InChI=1S/C11H13F3N2.C5H8FN3OS.CH3NO/c1-5-3-7-8(4-5)16-10(11(12,13)14)6(2)9(7)15;1-2-9-3-4(6)5(8-9)11(7)10;2-1-3/h5H,3-4H2,1-2H3,(H2,15,16);3H,2,7H2,1H3;1H,(H2,2,3). The lowest BCUT2D eigenvalue weighted by Crippen LogP contribution is -2.14. The first kappa shape index (κ1) is 25.5. The minimum atomic E-state index is -4.42. The first-order chi connectivity index (χ1) is 13.9.